The zero-order valence-electron chi connectivity index (χ0n) is 11.4. The first-order valence-corrected chi connectivity index (χ1v) is 6.76. The monoisotopic (exact) mass is 267 g/mol. The van der Waals surface area contributed by atoms with Gasteiger partial charge in [0.1, 0.15) is 5.71 Å². The van der Waals surface area contributed by atoms with Crippen LogP contribution in [0.15, 0.2) is 65.7 Å². The molecule has 0 fully saturated rings. The molecule has 1 heterocycles. The van der Waals surface area contributed by atoms with Crippen LogP contribution >= 0.6 is 0 Å². The lowest BCUT2D eigenvalue weighted by molar-refractivity contribution is -0.188. The summed E-state index contributed by atoms with van der Waals surface area (Å²) in [7, 11) is 0. The fraction of sp³-hybridized carbons (Fsp3) is 0.235. The Morgan fingerprint density at radius 3 is 2.30 bits per heavy atom. The van der Waals surface area contributed by atoms with Gasteiger partial charge < -0.3 is 9.84 Å². The second kappa shape index (κ2) is 5.19. The van der Waals surface area contributed by atoms with Gasteiger partial charge in [0.2, 0.25) is 5.79 Å². The summed E-state index contributed by atoms with van der Waals surface area (Å²) in [6.07, 6.45) is -0.118. The van der Waals surface area contributed by atoms with Crippen LogP contribution in [0.3, 0.4) is 0 Å². The van der Waals surface area contributed by atoms with Gasteiger partial charge in [-0.2, -0.15) is 0 Å². The van der Waals surface area contributed by atoms with Crippen LogP contribution in [0.2, 0.25) is 0 Å². The molecule has 3 heteroatoms. The fourth-order valence-corrected chi connectivity index (χ4v) is 2.46. The van der Waals surface area contributed by atoms with E-state index in [1.165, 1.54) is 0 Å². The molecule has 0 saturated heterocycles. The van der Waals surface area contributed by atoms with E-state index in [1.54, 1.807) is 0 Å². The summed E-state index contributed by atoms with van der Waals surface area (Å²) in [6, 6.07) is 19.1. The molecule has 3 rings (SSSR count). The van der Waals surface area contributed by atoms with Crippen molar-refractivity contribution in [1.82, 2.24) is 0 Å². The molecule has 3 nitrogen and oxygen atoms in total. The van der Waals surface area contributed by atoms with Gasteiger partial charge in [0, 0.05) is 11.1 Å². The van der Waals surface area contributed by atoms with E-state index < -0.39 is 5.79 Å². The van der Waals surface area contributed by atoms with Gasteiger partial charge in [0.15, 0.2) is 0 Å². The quantitative estimate of drug-likeness (QED) is 0.909. The van der Waals surface area contributed by atoms with Crippen LogP contribution in [0.4, 0.5) is 0 Å². The summed E-state index contributed by atoms with van der Waals surface area (Å²) >= 11 is 0. The summed E-state index contributed by atoms with van der Waals surface area (Å²) < 4.78 is 5.85. The first-order valence-electron chi connectivity index (χ1n) is 6.76. The molecule has 1 N–H and O–H groups in total. The van der Waals surface area contributed by atoms with E-state index >= 15 is 0 Å². The molecule has 0 spiro atoms. The van der Waals surface area contributed by atoms with Gasteiger partial charge in [-0.25, -0.2) is 0 Å². The minimum atomic E-state index is -1.49. The Morgan fingerprint density at radius 1 is 1.05 bits per heavy atom. The highest BCUT2D eigenvalue weighted by Gasteiger charge is 2.41. The van der Waals surface area contributed by atoms with E-state index in [1.807, 2.05) is 67.6 Å². The number of rotatable bonds is 2. The molecule has 0 saturated carbocycles. The third kappa shape index (κ3) is 2.26. The molecule has 0 aliphatic carbocycles. The number of benzene rings is 2. The van der Waals surface area contributed by atoms with Crippen LogP contribution in [0.25, 0.3) is 0 Å². The molecule has 2 atom stereocenters. The second-order valence-corrected chi connectivity index (χ2v) is 4.99. The molecule has 1 aliphatic heterocycles. The number of nitrogens with zero attached hydrogens (tertiary/aromatic N) is 1. The Kier molecular flexibility index (Phi) is 3.38. The van der Waals surface area contributed by atoms with Crippen molar-refractivity contribution in [3.05, 3.63) is 71.8 Å². The summed E-state index contributed by atoms with van der Waals surface area (Å²) in [5.41, 5.74) is 2.15. The fourth-order valence-electron chi connectivity index (χ4n) is 2.46. The molecule has 1 aliphatic rings. The van der Waals surface area contributed by atoms with E-state index in [-0.39, 0.29) is 6.10 Å². The number of ether oxygens (including phenoxy) is 1. The van der Waals surface area contributed by atoms with Crippen molar-refractivity contribution in [1.29, 1.82) is 0 Å². The van der Waals surface area contributed by atoms with Gasteiger partial charge in [-0.1, -0.05) is 60.7 Å². The highest BCUT2D eigenvalue weighted by Crippen LogP contribution is 2.32. The summed E-state index contributed by atoms with van der Waals surface area (Å²) in [5.74, 6) is -1.49. The van der Waals surface area contributed by atoms with Crippen LogP contribution in [0.1, 0.15) is 18.1 Å². The van der Waals surface area contributed by atoms with E-state index in [2.05, 4.69) is 4.99 Å². The van der Waals surface area contributed by atoms with E-state index in [4.69, 9.17) is 4.74 Å². The molecule has 102 valence electrons. The van der Waals surface area contributed by atoms with Crippen molar-refractivity contribution in [2.75, 3.05) is 6.54 Å². The van der Waals surface area contributed by atoms with Gasteiger partial charge in [-0.3, -0.25) is 4.99 Å². The van der Waals surface area contributed by atoms with Crippen LogP contribution in [0.5, 0.6) is 0 Å². The van der Waals surface area contributed by atoms with Crippen LogP contribution in [-0.4, -0.2) is 23.5 Å². The highest BCUT2D eigenvalue weighted by molar-refractivity contribution is 6.06. The van der Waals surface area contributed by atoms with Gasteiger partial charge in [-0.15, -0.1) is 0 Å². The van der Waals surface area contributed by atoms with Crippen molar-refractivity contribution in [2.24, 2.45) is 4.99 Å². The maximum absolute atomic E-state index is 11.1. The van der Waals surface area contributed by atoms with Crippen molar-refractivity contribution in [2.45, 2.75) is 18.8 Å². The maximum Gasteiger partial charge on any atom is 0.237 e. The number of aliphatic imine (C=N–C) groups is 1. The van der Waals surface area contributed by atoms with E-state index in [9.17, 15) is 5.11 Å². The second-order valence-electron chi connectivity index (χ2n) is 4.99. The third-order valence-corrected chi connectivity index (χ3v) is 3.41. The Bertz CT molecular complexity index is 609. The molecular weight excluding hydrogens is 250 g/mol. The standard InChI is InChI=1S/C17H17NO2/c1-13-12-18-16(14-8-4-2-5-9-14)17(19,20-13)15-10-6-3-7-11-15/h2-11,13,19H,12H2,1H3/t13-,17?/m1/s1. The highest BCUT2D eigenvalue weighted by atomic mass is 16.6. The molecule has 2 aromatic rings. The average molecular weight is 267 g/mol. The van der Waals surface area contributed by atoms with Crippen LogP contribution in [0, 0.1) is 0 Å². The largest absolute Gasteiger partial charge is 0.357 e. The van der Waals surface area contributed by atoms with E-state index in [0.717, 1.165) is 5.56 Å². The zero-order valence-corrected chi connectivity index (χ0v) is 11.4. The summed E-state index contributed by atoms with van der Waals surface area (Å²) in [6.45, 7) is 2.47. The van der Waals surface area contributed by atoms with Crippen molar-refractivity contribution in [3.8, 4) is 0 Å². The number of aliphatic hydroxyl groups is 1. The Morgan fingerprint density at radius 2 is 1.65 bits per heavy atom. The van der Waals surface area contributed by atoms with Gasteiger partial charge in [0.25, 0.3) is 0 Å². The number of hydrogen-bond donors (Lipinski definition) is 1. The van der Waals surface area contributed by atoms with Crippen molar-refractivity contribution in [3.63, 3.8) is 0 Å². The van der Waals surface area contributed by atoms with Gasteiger partial charge in [0.05, 0.1) is 12.6 Å². The topological polar surface area (TPSA) is 41.8 Å². The van der Waals surface area contributed by atoms with Gasteiger partial charge >= 0.3 is 0 Å². The lowest BCUT2D eigenvalue weighted by Gasteiger charge is -2.36. The van der Waals surface area contributed by atoms with E-state index in [0.29, 0.717) is 17.8 Å². The van der Waals surface area contributed by atoms with Crippen molar-refractivity contribution >= 4 is 5.71 Å². The first-order chi connectivity index (χ1) is 9.70. The molecule has 1 unspecified atom stereocenters. The average Bonchev–Trinajstić information content (AvgIpc) is 2.49. The molecule has 0 bridgehead atoms. The molecule has 0 amide bonds. The predicted octanol–water partition coefficient (Wildman–Crippen LogP) is 2.74. The molecule has 0 aromatic heterocycles. The normalized spacial score (nSPS) is 26.1. The molecule has 20 heavy (non-hydrogen) atoms. The van der Waals surface area contributed by atoms with Gasteiger partial charge in [-0.05, 0) is 6.92 Å². The molecule has 0 radical (unpaired) electrons. The summed E-state index contributed by atoms with van der Waals surface area (Å²) in [4.78, 5) is 4.55. The minimum Gasteiger partial charge on any atom is -0.357 e. The minimum absolute atomic E-state index is 0.118. The summed E-state index contributed by atoms with van der Waals surface area (Å²) in [5, 5.41) is 11.1. The third-order valence-electron chi connectivity index (χ3n) is 3.41. The lowest BCUT2D eigenvalue weighted by Crippen LogP contribution is -2.46. The van der Waals surface area contributed by atoms with Crippen LogP contribution < -0.4 is 0 Å². The van der Waals surface area contributed by atoms with Crippen LogP contribution in [-0.2, 0) is 10.5 Å². The predicted molar refractivity (Wildman–Crippen MR) is 78.7 cm³/mol. The first kappa shape index (κ1) is 13.0. The zero-order chi connectivity index (χ0) is 14.0. The Labute approximate surface area is 118 Å². The van der Waals surface area contributed by atoms with Crippen molar-refractivity contribution < 1.29 is 9.84 Å². The smallest absolute Gasteiger partial charge is 0.237 e. The number of hydrogen-bond acceptors (Lipinski definition) is 3. The lowest BCUT2D eigenvalue weighted by atomic mass is 9.93. The molecular formula is C17H17NO2. The molecule has 2 aromatic carbocycles. The SMILES string of the molecule is C[C@@H]1CN=C(c2ccccc2)C(O)(c2ccccc2)O1. The Balaban J connectivity index is 2.11. The Hall–Kier alpha value is -1.97. The maximum atomic E-state index is 11.1.